The molecule has 3 rings (SSSR count). The van der Waals surface area contributed by atoms with Crippen LogP contribution in [0.5, 0.6) is 17.2 Å². The Morgan fingerprint density at radius 3 is 2.27 bits per heavy atom. The molecular formula is C22H23N5O3. The molecule has 3 aromatic rings. The largest absolute Gasteiger partial charge is 0.490 e. The molecule has 0 saturated carbocycles. The smallest absolute Gasteiger partial charge is 0.222 e. The maximum atomic E-state index is 9.34. The SMILES string of the molecule is CCOc1ccc(COc2ccc(-c3nc(N)nc(N)c3C#N)cc2)cc1OCC. The molecule has 154 valence electrons. The van der Waals surface area contributed by atoms with E-state index in [1.807, 2.05) is 38.1 Å². The van der Waals surface area contributed by atoms with E-state index in [4.69, 9.17) is 25.7 Å². The van der Waals surface area contributed by atoms with Gasteiger partial charge in [-0.25, -0.2) is 4.98 Å². The minimum Gasteiger partial charge on any atom is -0.490 e. The second kappa shape index (κ2) is 9.47. The summed E-state index contributed by atoms with van der Waals surface area (Å²) in [5.41, 5.74) is 13.7. The Labute approximate surface area is 175 Å². The third-order valence-electron chi connectivity index (χ3n) is 4.21. The van der Waals surface area contributed by atoms with Crippen LogP contribution in [-0.4, -0.2) is 23.2 Å². The molecule has 0 aliphatic rings. The molecule has 8 heteroatoms. The molecule has 0 unspecified atom stereocenters. The Kier molecular flexibility index (Phi) is 6.55. The number of nitrogens with two attached hydrogens (primary N) is 2. The van der Waals surface area contributed by atoms with Gasteiger partial charge in [-0.1, -0.05) is 6.07 Å². The van der Waals surface area contributed by atoms with Gasteiger partial charge in [0.25, 0.3) is 0 Å². The predicted molar refractivity (Wildman–Crippen MR) is 114 cm³/mol. The lowest BCUT2D eigenvalue weighted by Crippen LogP contribution is -2.05. The molecule has 0 radical (unpaired) electrons. The predicted octanol–water partition coefficient (Wildman–Crippen LogP) is 3.56. The van der Waals surface area contributed by atoms with Gasteiger partial charge in [-0.3, -0.25) is 0 Å². The fourth-order valence-electron chi connectivity index (χ4n) is 2.88. The zero-order valence-corrected chi connectivity index (χ0v) is 16.9. The molecule has 1 aromatic heterocycles. The average Bonchev–Trinajstić information content (AvgIpc) is 2.74. The first-order valence-corrected chi connectivity index (χ1v) is 9.50. The van der Waals surface area contributed by atoms with Crippen LogP contribution in [-0.2, 0) is 6.61 Å². The highest BCUT2D eigenvalue weighted by atomic mass is 16.5. The van der Waals surface area contributed by atoms with Crippen molar-refractivity contribution < 1.29 is 14.2 Å². The van der Waals surface area contributed by atoms with E-state index in [9.17, 15) is 5.26 Å². The van der Waals surface area contributed by atoms with E-state index in [0.29, 0.717) is 48.3 Å². The summed E-state index contributed by atoms with van der Waals surface area (Å²) < 4.78 is 17.1. The summed E-state index contributed by atoms with van der Waals surface area (Å²) in [5.74, 6) is 2.14. The summed E-state index contributed by atoms with van der Waals surface area (Å²) >= 11 is 0. The highest BCUT2D eigenvalue weighted by molar-refractivity contribution is 5.73. The van der Waals surface area contributed by atoms with Crippen molar-refractivity contribution in [2.45, 2.75) is 20.5 Å². The maximum Gasteiger partial charge on any atom is 0.222 e. The van der Waals surface area contributed by atoms with Crippen LogP contribution >= 0.6 is 0 Å². The first-order chi connectivity index (χ1) is 14.5. The Morgan fingerprint density at radius 1 is 0.900 bits per heavy atom. The second-order valence-corrected chi connectivity index (χ2v) is 6.26. The summed E-state index contributed by atoms with van der Waals surface area (Å²) in [6, 6.07) is 14.9. The van der Waals surface area contributed by atoms with Crippen molar-refractivity contribution in [3.05, 3.63) is 53.6 Å². The standard InChI is InChI=1S/C22H23N5O3/c1-3-28-18-10-5-14(11-19(18)29-4-2)13-30-16-8-6-15(7-9-16)20-17(12-23)21(24)27-22(25)26-20/h5-11H,3-4,13H2,1-2H3,(H4,24,25,26,27). The zero-order chi connectivity index (χ0) is 21.5. The van der Waals surface area contributed by atoms with Gasteiger partial charge in [-0.15, -0.1) is 0 Å². The van der Waals surface area contributed by atoms with Crippen molar-refractivity contribution in [2.75, 3.05) is 24.7 Å². The molecule has 0 fully saturated rings. The van der Waals surface area contributed by atoms with Gasteiger partial charge in [0.15, 0.2) is 11.5 Å². The Balaban J connectivity index is 1.75. The van der Waals surface area contributed by atoms with E-state index in [1.165, 1.54) is 0 Å². The summed E-state index contributed by atoms with van der Waals surface area (Å²) in [5, 5.41) is 9.34. The van der Waals surface area contributed by atoms with Gasteiger partial charge in [0, 0.05) is 5.56 Å². The molecule has 0 aliphatic carbocycles. The topological polar surface area (TPSA) is 129 Å². The third-order valence-corrected chi connectivity index (χ3v) is 4.21. The van der Waals surface area contributed by atoms with Crippen LogP contribution in [0.15, 0.2) is 42.5 Å². The average molecular weight is 405 g/mol. The molecule has 4 N–H and O–H groups in total. The molecule has 30 heavy (non-hydrogen) atoms. The third kappa shape index (κ3) is 4.70. The highest BCUT2D eigenvalue weighted by Crippen LogP contribution is 2.30. The number of benzene rings is 2. The fraction of sp³-hybridized carbons (Fsp3) is 0.227. The van der Waals surface area contributed by atoms with Gasteiger partial charge < -0.3 is 25.7 Å². The Bertz CT molecular complexity index is 1060. The second-order valence-electron chi connectivity index (χ2n) is 6.26. The Morgan fingerprint density at radius 2 is 1.60 bits per heavy atom. The van der Waals surface area contributed by atoms with E-state index < -0.39 is 0 Å². The van der Waals surface area contributed by atoms with E-state index in [-0.39, 0.29) is 17.3 Å². The zero-order valence-electron chi connectivity index (χ0n) is 16.9. The van der Waals surface area contributed by atoms with Gasteiger partial charge in [0.2, 0.25) is 5.95 Å². The van der Waals surface area contributed by atoms with Gasteiger partial charge in [0.1, 0.15) is 29.8 Å². The number of hydrogen-bond donors (Lipinski definition) is 2. The summed E-state index contributed by atoms with van der Waals surface area (Å²) in [6.45, 7) is 5.34. The van der Waals surface area contributed by atoms with Gasteiger partial charge >= 0.3 is 0 Å². The molecule has 1 heterocycles. The molecule has 0 spiro atoms. The van der Waals surface area contributed by atoms with E-state index in [2.05, 4.69) is 9.97 Å². The summed E-state index contributed by atoms with van der Waals surface area (Å²) in [4.78, 5) is 7.97. The maximum absolute atomic E-state index is 9.34. The molecule has 0 saturated heterocycles. The van der Waals surface area contributed by atoms with Crippen LogP contribution < -0.4 is 25.7 Å². The molecule has 0 atom stereocenters. The number of rotatable bonds is 8. The quantitative estimate of drug-likeness (QED) is 0.582. The van der Waals surface area contributed by atoms with E-state index >= 15 is 0 Å². The lowest BCUT2D eigenvalue weighted by Gasteiger charge is -2.13. The number of nitrogen functional groups attached to an aromatic ring is 2. The molecule has 8 nitrogen and oxygen atoms in total. The van der Waals surface area contributed by atoms with Crippen molar-refractivity contribution >= 4 is 11.8 Å². The minimum absolute atomic E-state index is 0.0161. The monoisotopic (exact) mass is 405 g/mol. The van der Waals surface area contributed by atoms with Crippen LogP contribution in [0.1, 0.15) is 25.0 Å². The number of aromatic nitrogens is 2. The minimum atomic E-state index is 0.0161. The van der Waals surface area contributed by atoms with Crippen molar-refractivity contribution in [1.29, 1.82) is 5.26 Å². The number of nitrogens with zero attached hydrogens (tertiary/aromatic N) is 3. The first-order valence-electron chi connectivity index (χ1n) is 9.50. The summed E-state index contributed by atoms with van der Waals surface area (Å²) in [6.07, 6.45) is 0. The lowest BCUT2D eigenvalue weighted by molar-refractivity contribution is 0.283. The first kappa shape index (κ1) is 20.7. The number of hydrogen-bond acceptors (Lipinski definition) is 8. The van der Waals surface area contributed by atoms with Crippen molar-refractivity contribution in [1.82, 2.24) is 9.97 Å². The molecule has 2 aromatic carbocycles. The van der Waals surface area contributed by atoms with Crippen molar-refractivity contribution in [3.63, 3.8) is 0 Å². The van der Waals surface area contributed by atoms with Crippen LogP contribution in [0.2, 0.25) is 0 Å². The van der Waals surface area contributed by atoms with Gasteiger partial charge in [-0.2, -0.15) is 10.2 Å². The molecule has 0 bridgehead atoms. The number of ether oxygens (including phenoxy) is 3. The lowest BCUT2D eigenvalue weighted by atomic mass is 10.1. The fourth-order valence-corrected chi connectivity index (χ4v) is 2.88. The Hall–Kier alpha value is -3.99. The molecular weight excluding hydrogens is 382 g/mol. The summed E-state index contributed by atoms with van der Waals surface area (Å²) in [7, 11) is 0. The van der Waals surface area contributed by atoms with Gasteiger partial charge in [-0.05, 0) is 55.8 Å². The van der Waals surface area contributed by atoms with Crippen molar-refractivity contribution in [3.8, 4) is 34.6 Å². The van der Waals surface area contributed by atoms with Crippen LogP contribution in [0.4, 0.5) is 11.8 Å². The van der Waals surface area contributed by atoms with Crippen molar-refractivity contribution in [2.24, 2.45) is 0 Å². The van der Waals surface area contributed by atoms with Gasteiger partial charge in [0.05, 0.1) is 18.9 Å². The van der Waals surface area contributed by atoms with Crippen LogP contribution in [0.25, 0.3) is 11.3 Å². The van der Waals surface area contributed by atoms with E-state index in [1.54, 1.807) is 24.3 Å². The normalized spacial score (nSPS) is 10.3. The van der Waals surface area contributed by atoms with Crippen LogP contribution in [0.3, 0.4) is 0 Å². The highest BCUT2D eigenvalue weighted by Gasteiger charge is 2.13. The molecule has 0 amide bonds. The number of anilines is 2. The van der Waals surface area contributed by atoms with E-state index in [0.717, 1.165) is 5.56 Å². The molecule has 0 aliphatic heterocycles. The number of nitriles is 1. The van der Waals surface area contributed by atoms with Crippen LogP contribution in [0, 0.1) is 11.3 Å².